The molecule has 138 valence electrons. The van der Waals surface area contributed by atoms with Crippen molar-refractivity contribution in [2.24, 2.45) is 10.9 Å². The van der Waals surface area contributed by atoms with Gasteiger partial charge in [0.05, 0.1) is 5.92 Å². The summed E-state index contributed by atoms with van der Waals surface area (Å²) >= 11 is 0. The Bertz CT molecular complexity index is 829. The molecule has 2 heterocycles. The first-order valence-corrected chi connectivity index (χ1v) is 8.52. The molecule has 3 aliphatic rings. The highest BCUT2D eigenvalue weighted by atomic mass is 19.4. The van der Waals surface area contributed by atoms with E-state index in [1.165, 1.54) is 0 Å². The van der Waals surface area contributed by atoms with Gasteiger partial charge in [0.1, 0.15) is 5.84 Å². The van der Waals surface area contributed by atoms with Crippen LogP contribution in [0.4, 0.5) is 13.2 Å². The Hall–Kier alpha value is -2.35. The van der Waals surface area contributed by atoms with Crippen molar-refractivity contribution in [1.82, 2.24) is 10.4 Å². The number of nitrogens with zero attached hydrogens (tertiary/aromatic N) is 2. The monoisotopic (exact) mass is 365 g/mol. The number of halogens is 3. The van der Waals surface area contributed by atoms with Crippen LogP contribution < -0.4 is 5.48 Å². The van der Waals surface area contributed by atoms with E-state index in [4.69, 9.17) is 5.21 Å². The third kappa shape index (κ3) is 2.88. The smallest absolute Gasteiger partial charge is 0.351 e. The number of aliphatic imine (C=N–C) groups is 1. The lowest BCUT2D eigenvalue weighted by atomic mass is 9.86. The molecule has 4 rings (SSSR count). The fourth-order valence-electron chi connectivity index (χ4n) is 4.04. The van der Waals surface area contributed by atoms with Crippen LogP contribution in [-0.2, 0) is 13.1 Å². The largest absolute Gasteiger partial charge is 0.392 e. The van der Waals surface area contributed by atoms with E-state index in [-0.39, 0.29) is 12.8 Å². The van der Waals surface area contributed by atoms with Crippen LogP contribution in [0.1, 0.15) is 47.2 Å². The maximum Gasteiger partial charge on any atom is 0.392 e. The zero-order valence-electron chi connectivity index (χ0n) is 13.9. The first-order chi connectivity index (χ1) is 12.4. The highest BCUT2D eigenvalue weighted by molar-refractivity contribution is 5.96. The van der Waals surface area contributed by atoms with Crippen molar-refractivity contribution in [3.8, 4) is 0 Å². The Labute approximate surface area is 148 Å². The van der Waals surface area contributed by atoms with Gasteiger partial charge < -0.3 is 4.90 Å². The maximum atomic E-state index is 13.0. The number of hydroxylamine groups is 1. The van der Waals surface area contributed by atoms with Crippen LogP contribution >= 0.6 is 0 Å². The van der Waals surface area contributed by atoms with Crippen LogP contribution in [0, 0.1) is 5.92 Å². The van der Waals surface area contributed by atoms with E-state index in [0.29, 0.717) is 31.5 Å². The number of hydrogen-bond donors (Lipinski definition) is 2. The second kappa shape index (κ2) is 6.12. The molecule has 1 aliphatic carbocycles. The number of carbonyl (C=O) groups is 1. The number of fused-ring (bicyclic) bond motifs is 1. The van der Waals surface area contributed by atoms with Gasteiger partial charge in [-0.3, -0.25) is 10.0 Å². The molecule has 26 heavy (non-hydrogen) atoms. The van der Waals surface area contributed by atoms with Gasteiger partial charge in [0.25, 0.3) is 5.91 Å². The lowest BCUT2D eigenvalue weighted by Gasteiger charge is -2.25. The molecule has 0 bridgehead atoms. The molecule has 1 aromatic rings. The normalized spacial score (nSPS) is 22.2. The van der Waals surface area contributed by atoms with Crippen molar-refractivity contribution in [3.63, 3.8) is 0 Å². The van der Waals surface area contributed by atoms with Crippen molar-refractivity contribution in [2.45, 2.75) is 44.9 Å². The van der Waals surface area contributed by atoms with Crippen LogP contribution in [0.2, 0.25) is 0 Å². The summed E-state index contributed by atoms with van der Waals surface area (Å²) in [6.45, 7) is 1.02. The fourth-order valence-corrected chi connectivity index (χ4v) is 4.04. The highest BCUT2D eigenvalue weighted by Gasteiger charge is 2.43. The van der Waals surface area contributed by atoms with Gasteiger partial charge in [0.2, 0.25) is 0 Å². The van der Waals surface area contributed by atoms with Crippen molar-refractivity contribution in [1.29, 1.82) is 0 Å². The molecule has 0 aromatic heterocycles. The van der Waals surface area contributed by atoms with Crippen molar-refractivity contribution in [3.05, 3.63) is 46.2 Å². The third-order valence-electron chi connectivity index (χ3n) is 5.42. The van der Waals surface area contributed by atoms with Crippen molar-refractivity contribution in [2.75, 3.05) is 0 Å². The molecule has 1 amide bonds. The lowest BCUT2D eigenvalue weighted by Crippen LogP contribution is -2.27. The van der Waals surface area contributed by atoms with Crippen LogP contribution in [0.5, 0.6) is 0 Å². The number of allylic oxidation sites excluding steroid dienone is 1. The summed E-state index contributed by atoms with van der Waals surface area (Å²) < 4.78 is 39.0. The number of hydrogen-bond acceptors (Lipinski definition) is 4. The van der Waals surface area contributed by atoms with E-state index < -0.39 is 18.0 Å². The molecule has 2 N–H and O–H groups in total. The molecule has 0 spiro atoms. The zero-order chi connectivity index (χ0) is 18.5. The second-order valence-electron chi connectivity index (χ2n) is 6.98. The average molecular weight is 365 g/mol. The fraction of sp³-hybridized carbons (Fsp3) is 0.444. The number of nitrogens with one attached hydrogen (secondary N) is 1. The zero-order valence-corrected chi connectivity index (χ0v) is 13.9. The summed E-state index contributed by atoms with van der Waals surface area (Å²) in [6, 6.07) is 5.30. The second-order valence-corrected chi connectivity index (χ2v) is 6.98. The molecule has 0 fully saturated rings. The third-order valence-corrected chi connectivity index (χ3v) is 5.42. The van der Waals surface area contributed by atoms with E-state index in [2.05, 4.69) is 4.99 Å². The molecule has 1 aromatic carbocycles. The Morgan fingerprint density at radius 3 is 2.85 bits per heavy atom. The summed E-state index contributed by atoms with van der Waals surface area (Å²) in [5.41, 5.74) is 5.43. The van der Waals surface area contributed by atoms with E-state index in [9.17, 15) is 18.0 Å². The SMILES string of the molecule is O=C(NO)c1cccc2c1CN(C1=NC3=C(C1)C[C@H](C(F)(F)F)CC3)C2. The Morgan fingerprint density at radius 1 is 1.31 bits per heavy atom. The van der Waals surface area contributed by atoms with Gasteiger partial charge in [-0.2, -0.15) is 13.2 Å². The molecule has 2 aliphatic heterocycles. The first kappa shape index (κ1) is 17.1. The molecule has 0 unspecified atom stereocenters. The molecule has 0 radical (unpaired) electrons. The molecular weight excluding hydrogens is 347 g/mol. The van der Waals surface area contributed by atoms with E-state index in [0.717, 1.165) is 28.2 Å². The molecular formula is C18H18F3N3O2. The predicted octanol–water partition coefficient (Wildman–Crippen LogP) is 3.54. The van der Waals surface area contributed by atoms with Gasteiger partial charge in [-0.05, 0) is 42.0 Å². The Morgan fingerprint density at radius 2 is 2.12 bits per heavy atom. The van der Waals surface area contributed by atoms with E-state index >= 15 is 0 Å². The van der Waals surface area contributed by atoms with Crippen LogP contribution in [0.3, 0.4) is 0 Å². The summed E-state index contributed by atoms with van der Waals surface area (Å²) in [7, 11) is 0. The quantitative estimate of drug-likeness (QED) is 0.591. The van der Waals surface area contributed by atoms with Gasteiger partial charge >= 0.3 is 6.18 Å². The first-order valence-electron chi connectivity index (χ1n) is 8.52. The van der Waals surface area contributed by atoms with E-state index in [1.807, 2.05) is 11.0 Å². The number of amides is 1. The number of rotatable bonds is 1. The topological polar surface area (TPSA) is 64.9 Å². The minimum atomic E-state index is -4.16. The maximum absolute atomic E-state index is 13.0. The molecule has 5 nitrogen and oxygen atoms in total. The average Bonchev–Trinajstić information content (AvgIpc) is 3.22. The van der Waals surface area contributed by atoms with Crippen LogP contribution in [0.15, 0.2) is 34.5 Å². The van der Waals surface area contributed by atoms with Gasteiger partial charge in [0.15, 0.2) is 0 Å². The summed E-state index contributed by atoms with van der Waals surface area (Å²) in [6.07, 6.45) is -3.22. The van der Waals surface area contributed by atoms with E-state index in [1.54, 1.807) is 17.6 Å². The Balaban J connectivity index is 1.50. The van der Waals surface area contributed by atoms with Crippen LogP contribution in [0.25, 0.3) is 0 Å². The van der Waals surface area contributed by atoms with Crippen LogP contribution in [-0.4, -0.2) is 28.0 Å². The van der Waals surface area contributed by atoms with Crippen molar-refractivity contribution >= 4 is 11.7 Å². The van der Waals surface area contributed by atoms with Gasteiger partial charge in [0, 0.05) is 30.8 Å². The number of benzene rings is 1. The molecule has 0 saturated heterocycles. The standard InChI is InChI=1S/C18H18F3N3O2/c19-18(20,21)12-4-5-15-11(6-12)7-16(22-15)24-8-10-2-1-3-13(14(10)9-24)17(25)23-26/h1-3,12,26H,4-9H2,(H,23,25)/t12-/m1/s1. The minimum absolute atomic E-state index is 0.0325. The lowest BCUT2D eigenvalue weighted by molar-refractivity contribution is -0.176. The summed E-state index contributed by atoms with van der Waals surface area (Å²) in [4.78, 5) is 18.4. The predicted molar refractivity (Wildman–Crippen MR) is 87.4 cm³/mol. The minimum Gasteiger partial charge on any atom is -0.351 e. The molecule has 8 heteroatoms. The summed E-state index contributed by atoms with van der Waals surface area (Å²) in [5.74, 6) is -1.07. The van der Waals surface area contributed by atoms with Crippen molar-refractivity contribution < 1.29 is 23.2 Å². The Kier molecular flexibility index (Phi) is 4.02. The summed E-state index contributed by atoms with van der Waals surface area (Å²) in [5, 5.41) is 8.89. The highest BCUT2D eigenvalue weighted by Crippen LogP contribution is 2.44. The van der Waals surface area contributed by atoms with Gasteiger partial charge in [-0.1, -0.05) is 12.1 Å². The molecule has 1 atom stereocenters. The van der Waals surface area contributed by atoms with Gasteiger partial charge in [-0.15, -0.1) is 0 Å². The molecule has 0 saturated carbocycles. The van der Waals surface area contributed by atoms with Gasteiger partial charge in [-0.25, -0.2) is 10.5 Å². The number of alkyl halides is 3. The number of carbonyl (C=O) groups excluding carboxylic acids is 1. The number of amidine groups is 1.